The first-order valence-electron chi connectivity index (χ1n) is 8.21. The van der Waals surface area contributed by atoms with E-state index in [1.165, 1.54) is 36.4 Å². The minimum atomic E-state index is -1.78. The Morgan fingerprint density at radius 1 is 1.07 bits per heavy atom. The van der Waals surface area contributed by atoms with Crippen molar-refractivity contribution in [1.29, 1.82) is 0 Å². The number of ether oxygens (including phenoxy) is 1. The highest BCUT2D eigenvalue weighted by atomic mass is 35.5. The van der Waals surface area contributed by atoms with Gasteiger partial charge in [0.15, 0.2) is 5.75 Å². The molecule has 0 aromatic heterocycles. The molecule has 3 aromatic carbocycles. The Morgan fingerprint density at radius 3 is 2.33 bits per heavy atom. The smallest absolute Gasteiger partial charge is 0.271 e. The van der Waals surface area contributed by atoms with Gasteiger partial charge >= 0.3 is 0 Å². The van der Waals surface area contributed by atoms with Crippen LogP contribution in [0, 0.1) is 22.9 Å². The van der Waals surface area contributed by atoms with Crippen LogP contribution < -0.4 is 9.46 Å². The molecule has 0 fully saturated rings. The topological polar surface area (TPSA) is 81.5 Å². The summed E-state index contributed by atoms with van der Waals surface area (Å²) < 4.78 is 34.6. The molecule has 0 saturated carbocycles. The van der Waals surface area contributed by atoms with Crippen molar-refractivity contribution in [1.82, 2.24) is 0 Å². The zero-order valence-corrected chi connectivity index (χ0v) is 18.2. The van der Waals surface area contributed by atoms with Gasteiger partial charge in [-0.2, -0.15) is 0 Å². The maximum atomic E-state index is 13.7. The molecule has 6 nitrogen and oxygen atoms in total. The molecule has 1 atom stereocenters. The molecule has 0 aliphatic heterocycles. The third-order valence-electron chi connectivity index (χ3n) is 3.99. The number of anilines is 1. The fraction of sp³-hybridized carbons (Fsp3) is 0.0526. The lowest BCUT2D eigenvalue weighted by Crippen LogP contribution is -2.07. The van der Waals surface area contributed by atoms with Gasteiger partial charge in [0.2, 0.25) is 0 Å². The van der Waals surface area contributed by atoms with Crippen molar-refractivity contribution in [3.05, 3.63) is 85.1 Å². The van der Waals surface area contributed by atoms with Crippen molar-refractivity contribution in [3.63, 3.8) is 0 Å². The quantitative estimate of drug-likeness (QED) is 0.301. The SMILES string of the molecule is Cc1c(F)cccc1NS(=O)c1cc(Cl)c(Oc2ccc([N+](=O)[O-])cc2Cl)c(Cl)c1. The summed E-state index contributed by atoms with van der Waals surface area (Å²) in [6.45, 7) is 1.56. The first kappa shape index (κ1) is 22.3. The van der Waals surface area contributed by atoms with Crippen LogP contribution in [0.5, 0.6) is 11.5 Å². The van der Waals surface area contributed by atoms with Gasteiger partial charge in [0.25, 0.3) is 5.69 Å². The summed E-state index contributed by atoms with van der Waals surface area (Å²) >= 11 is 18.5. The van der Waals surface area contributed by atoms with Crippen LogP contribution in [-0.4, -0.2) is 9.13 Å². The van der Waals surface area contributed by atoms with Gasteiger partial charge in [0, 0.05) is 17.7 Å². The van der Waals surface area contributed by atoms with Gasteiger partial charge < -0.3 is 9.46 Å². The molecule has 156 valence electrons. The van der Waals surface area contributed by atoms with Crippen LogP contribution >= 0.6 is 34.8 Å². The summed E-state index contributed by atoms with van der Waals surface area (Å²) in [7, 11) is -1.78. The largest absolute Gasteiger partial charge is 0.453 e. The Hall–Kier alpha value is -2.39. The lowest BCUT2D eigenvalue weighted by atomic mass is 10.2. The number of hydrogen-bond acceptors (Lipinski definition) is 4. The molecule has 1 unspecified atom stereocenters. The van der Waals surface area contributed by atoms with Crippen molar-refractivity contribution >= 4 is 57.2 Å². The highest BCUT2D eigenvalue weighted by Crippen LogP contribution is 2.41. The van der Waals surface area contributed by atoms with Crippen LogP contribution in [0.25, 0.3) is 0 Å². The Morgan fingerprint density at radius 2 is 1.73 bits per heavy atom. The summed E-state index contributed by atoms with van der Waals surface area (Å²) in [5.41, 5.74) is 0.475. The number of nitro benzene ring substituents is 1. The van der Waals surface area contributed by atoms with Gasteiger partial charge in [-0.1, -0.05) is 40.9 Å². The van der Waals surface area contributed by atoms with Crippen molar-refractivity contribution in [2.24, 2.45) is 0 Å². The molecule has 0 aliphatic carbocycles. The molecule has 11 heteroatoms. The zero-order chi connectivity index (χ0) is 22.0. The average Bonchev–Trinajstić information content (AvgIpc) is 2.68. The summed E-state index contributed by atoms with van der Waals surface area (Å²) in [6.07, 6.45) is 0. The first-order valence-corrected chi connectivity index (χ1v) is 10.5. The van der Waals surface area contributed by atoms with E-state index in [0.29, 0.717) is 11.3 Å². The van der Waals surface area contributed by atoms with E-state index < -0.39 is 21.7 Å². The predicted octanol–water partition coefficient (Wildman–Crippen LogP) is 6.93. The zero-order valence-electron chi connectivity index (χ0n) is 15.1. The fourth-order valence-corrected chi connectivity index (χ4v) is 4.31. The van der Waals surface area contributed by atoms with Crippen molar-refractivity contribution in [2.75, 3.05) is 4.72 Å². The van der Waals surface area contributed by atoms with E-state index in [4.69, 9.17) is 39.5 Å². The molecular formula is C19H12Cl3FN2O4S. The van der Waals surface area contributed by atoms with Crippen molar-refractivity contribution in [3.8, 4) is 11.5 Å². The van der Waals surface area contributed by atoms with Gasteiger partial charge in [-0.3, -0.25) is 10.1 Å². The molecule has 3 rings (SSSR count). The summed E-state index contributed by atoms with van der Waals surface area (Å²) in [5.74, 6) is -0.290. The fourth-order valence-electron chi connectivity index (χ4n) is 2.41. The Bertz CT molecular complexity index is 1150. The van der Waals surface area contributed by atoms with Crippen LogP contribution in [0.3, 0.4) is 0 Å². The second kappa shape index (κ2) is 9.18. The van der Waals surface area contributed by atoms with Gasteiger partial charge in [-0.15, -0.1) is 0 Å². The van der Waals surface area contributed by atoms with Crippen LogP contribution in [0.4, 0.5) is 15.8 Å². The van der Waals surface area contributed by atoms with E-state index >= 15 is 0 Å². The number of halogens is 4. The Balaban J connectivity index is 1.86. The van der Waals surface area contributed by atoms with Gasteiger partial charge in [-0.05, 0) is 37.3 Å². The van der Waals surface area contributed by atoms with Crippen LogP contribution in [0.1, 0.15) is 5.56 Å². The maximum Gasteiger partial charge on any atom is 0.271 e. The lowest BCUT2D eigenvalue weighted by molar-refractivity contribution is -0.384. The van der Waals surface area contributed by atoms with Gasteiger partial charge in [-0.25, -0.2) is 8.60 Å². The minimum Gasteiger partial charge on any atom is -0.453 e. The number of rotatable bonds is 6. The summed E-state index contributed by atoms with van der Waals surface area (Å²) in [4.78, 5) is 10.5. The number of nitro groups is 1. The van der Waals surface area contributed by atoms with E-state index in [1.807, 2.05) is 0 Å². The third-order valence-corrected chi connectivity index (χ3v) is 5.92. The van der Waals surface area contributed by atoms with Gasteiger partial charge in [0.05, 0.1) is 30.6 Å². The molecular weight excluding hydrogens is 478 g/mol. The lowest BCUT2D eigenvalue weighted by Gasteiger charge is -2.14. The normalized spacial score (nSPS) is 11.8. The van der Waals surface area contributed by atoms with Crippen LogP contribution in [0.15, 0.2) is 53.4 Å². The molecule has 0 bridgehead atoms. The van der Waals surface area contributed by atoms with Crippen molar-refractivity contribution < 1.29 is 18.3 Å². The highest BCUT2D eigenvalue weighted by Gasteiger charge is 2.18. The number of benzene rings is 3. The third kappa shape index (κ3) is 4.84. The Kier molecular flexibility index (Phi) is 6.82. The molecule has 0 amide bonds. The maximum absolute atomic E-state index is 13.7. The average molecular weight is 490 g/mol. The molecule has 0 radical (unpaired) electrons. The molecule has 0 heterocycles. The Labute approximate surface area is 188 Å². The second-order valence-corrected chi connectivity index (χ2v) is 8.41. The first-order chi connectivity index (χ1) is 14.2. The van der Waals surface area contributed by atoms with E-state index in [-0.39, 0.29) is 37.1 Å². The minimum absolute atomic E-state index is 0.00719. The molecule has 1 N–H and O–H groups in total. The van der Waals surface area contributed by atoms with Gasteiger partial charge in [0.1, 0.15) is 22.6 Å². The van der Waals surface area contributed by atoms with Crippen LogP contribution in [-0.2, 0) is 11.0 Å². The molecule has 30 heavy (non-hydrogen) atoms. The second-order valence-electron chi connectivity index (χ2n) is 5.97. The number of non-ortho nitro benzene ring substituents is 1. The molecule has 3 aromatic rings. The van der Waals surface area contributed by atoms with Crippen molar-refractivity contribution in [2.45, 2.75) is 11.8 Å². The van der Waals surface area contributed by atoms with Crippen LogP contribution in [0.2, 0.25) is 15.1 Å². The summed E-state index contributed by atoms with van der Waals surface area (Å²) in [5, 5.41) is 10.9. The number of nitrogens with one attached hydrogen (secondary N) is 1. The number of hydrogen-bond donors (Lipinski definition) is 1. The van der Waals surface area contributed by atoms with E-state index in [9.17, 15) is 18.7 Å². The molecule has 0 aliphatic rings. The monoisotopic (exact) mass is 488 g/mol. The highest BCUT2D eigenvalue weighted by molar-refractivity contribution is 7.86. The predicted molar refractivity (Wildman–Crippen MR) is 116 cm³/mol. The van der Waals surface area contributed by atoms with E-state index in [2.05, 4.69) is 4.72 Å². The van der Waals surface area contributed by atoms with E-state index in [1.54, 1.807) is 13.0 Å². The summed E-state index contributed by atoms with van der Waals surface area (Å²) in [6, 6.07) is 10.8. The molecule has 0 spiro atoms. The van der Waals surface area contributed by atoms with E-state index in [0.717, 1.165) is 6.07 Å². The molecule has 0 saturated heterocycles. The standard InChI is InChI=1S/C19H12Cl3FN2O4S/c1-10-16(23)3-2-4-17(10)24-30(28)12-8-14(21)19(15(22)9-12)29-18-6-5-11(25(26)27)7-13(18)20/h2-9,24H,1H3. The number of nitrogens with zero attached hydrogens (tertiary/aromatic N) is 1.